The van der Waals surface area contributed by atoms with Gasteiger partial charge in [-0.25, -0.2) is 0 Å². The second-order valence-corrected chi connectivity index (χ2v) is 4.93. The predicted molar refractivity (Wildman–Crippen MR) is 82.0 cm³/mol. The molecule has 0 amide bonds. The van der Waals surface area contributed by atoms with E-state index in [1.54, 1.807) is 0 Å². The van der Waals surface area contributed by atoms with Gasteiger partial charge in [-0.15, -0.1) is 0 Å². The first kappa shape index (κ1) is 18.6. The van der Waals surface area contributed by atoms with E-state index in [0.717, 1.165) is 0 Å². The van der Waals surface area contributed by atoms with Crippen molar-refractivity contribution in [2.75, 3.05) is 0 Å². The summed E-state index contributed by atoms with van der Waals surface area (Å²) in [5.74, 6) is 0. The molecule has 0 unspecified atom stereocenters. The van der Waals surface area contributed by atoms with Crippen molar-refractivity contribution < 1.29 is 0 Å². The minimum absolute atomic E-state index is 0.266. The maximum Gasteiger partial charge on any atom is -0.0129 e. The van der Waals surface area contributed by atoms with Gasteiger partial charge in [-0.3, -0.25) is 0 Å². The highest BCUT2D eigenvalue weighted by Crippen LogP contribution is 2.28. The molecular formula is C17H32. The molecule has 0 heteroatoms. The Bertz CT molecular complexity index is 314. The molecule has 0 heterocycles. The van der Waals surface area contributed by atoms with Gasteiger partial charge in [0.05, 0.1) is 0 Å². The van der Waals surface area contributed by atoms with Gasteiger partial charge < -0.3 is 0 Å². The fourth-order valence-electron chi connectivity index (χ4n) is 1.77. The van der Waals surface area contributed by atoms with E-state index in [2.05, 4.69) is 53.7 Å². The topological polar surface area (TPSA) is 0 Å². The summed E-state index contributed by atoms with van der Waals surface area (Å²) in [5, 5.41) is 0. The molecule has 17 heavy (non-hydrogen) atoms. The van der Waals surface area contributed by atoms with Crippen molar-refractivity contribution in [3.63, 3.8) is 0 Å². The summed E-state index contributed by atoms with van der Waals surface area (Å²) in [6, 6.07) is 4.49. The lowest BCUT2D eigenvalue weighted by molar-refractivity contribution is 0.585. The highest BCUT2D eigenvalue weighted by Gasteiger charge is 2.17. The van der Waals surface area contributed by atoms with E-state index in [4.69, 9.17) is 0 Å². The van der Waals surface area contributed by atoms with Crippen LogP contribution >= 0.6 is 0 Å². The highest BCUT2D eigenvalue weighted by molar-refractivity contribution is 5.41. The van der Waals surface area contributed by atoms with E-state index in [0.29, 0.717) is 0 Å². The zero-order valence-electron chi connectivity index (χ0n) is 13.7. The number of benzene rings is 1. The molecule has 0 aliphatic heterocycles. The largest absolute Gasteiger partial charge is 0.0683 e. The molecule has 1 aromatic rings. The lowest BCUT2D eigenvalue weighted by Crippen LogP contribution is -2.13. The molecule has 0 bridgehead atoms. The fraction of sp³-hybridized carbons (Fsp3) is 0.647. The number of hydrogen-bond acceptors (Lipinski definition) is 0. The van der Waals surface area contributed by atoms with Crippen LogP contribution in [0.2, 0.25) is 0 Å². The standard InChI is InChI=1S/C13H20.2C2H6/c1-9-7-8-12(13(4,5)6)11(3)10(9)2;2*1-2/h7-8H,1-6H3;2*1-2H3. The van der Waals surface area contributed by atoms with Crippen molar-refractivity contribution in [2.45, 2.75) is 74.7 Å². The molecule has 0 fully saturated rings. The first-order valence-corrected chi connectivity index (χ1v) is 6.91. The van der Waals surface area contributed by atoms with Gasteiger partial charge in [-0.05, 0) is 48.4 Å². The quantitative estimate of drug-likeness (QED) is 0.521. The van der Waals surface area contributed by atoms with Crippen molar-refractivity contribution in [1.29, 1.82) is 0 Å². The minimum atomic E-state index is 0.266. The van der Waals surface area contributed by atoms with Gasteiger partial charge in [0.15, 0.2) is 0 Å². The van der Waals surface area contributed by atoms with Gasteiger partial charge in [-0.1, -0.05) is 60.6 Å². The van der Waals surface area contributed by atoms with E-state index in [1.807, 2.05) is 27.7 Å². The Kier molecular flexibility index (Phi) is 9.11. The fourth-order valence-corrected chi connectivity index (χ4v) is 1.77. The predicted octanol–water partition coefficient (Wildman–Crippen LogP) is 5.96. The summed E-state index contributed by atoms with van der Waals surface area (Å²) in [7, 11) is 0. The lowest BCUT2D eigenvalue weighted by atomic mass is 9.82. The zero-order valence-corrected chi connectivity index (χ0v) is 13.7. The van der Waals surface area contributed by atoms with Crippen LogP contribution in [0.15, 0.2) is 12.1 Å². The van der Waals surface area contributed by atoms with E-state index >= 15 is 0 Å². The number of rotatable bonds is 0. The first-order valence-electron chi connectivity index (χ1n) is 6.91. The van der Waals surface area contributed by atoms with E-state index < -0.39 is 0 Å². The van der Waals surface area contributed by atoms with Crippen LogP contribution in [0.25, 0.3) is 0 Å². The molecule has 0 aliphatic carbocycles. The Morgan fingerprint density at radius 3 is 1.47 bits per heavy atom. The Labute approximate surface area is 109 Å². The van der Waals surface area contributed by atoms with Crippen molar-refractivity contribution in [3.05, 3.63) is 34.4 Å². The van der Waals surface area contributed by atoms with Gasteiger partial charge >= 0.3 is 0 Å². The minimum Gasteiger partial charge on any atom is -0.0683 e. The van der Waals surface area contributed by atoms with Crippen molar-refractivity contribution in [1.82, 2.24) is 0 Å². The van der Waals surface area contributed by atoms with Crippen LogP contribution in [0, 0.1) is 20.8 Å². The van der Waals surface area contributed by atoms with Crippen molar-refractivity contribution >= 4 is 0 Å². The lowest BCUT2D eigenvalue weighted by Gasteiger charge is -2.23. The summed E-state index contributed by atoms with van der Waals surface area (Å²) >= 11 is 0. The van der Waals surface area contributed by atoms with Crippen molar-refractivity contribution in [2.24, 2.45) is 0 Å². The van der Waals surface area contributed by atoms with Crippen LogP contribution in [0.1, 0.15) is 70.7 Å². The zero-order chi connectivity index (χ0) is 14.2. The van der Waals surface area contributed by atoms with Crippen LogP contribution in [-0.4, -0.2) is 0 Å². The van der Waals surface area contributed by atoms with Crippen LogP contribution in [0.4, 0.5) is 0 Å². The summed E-state index contributed by atoms with van der Waals surface area (Å²) in [6.45, 7) is 21.4. The molecule has 0 nitrogen and oxygen atoms in total. The van der Waals surface area contributed by atoms with Gasteiger partial charge in [0.1, 0.15) is 0 Å². The van der Waals surface area contributed by atoms with Gasteiger partial charge in [0.25, 0.3) is 0 Å². The summed E-state index contributed by atoms with van der Waals surface area (Å²) in [5.41, 5.74) is 6.02. The Morgan fingerprint density at radius 2 is 1.12 bits per heavy atom. The molecule has 0 saturated carbocycles. The third-order valence-electron chi connectivity index (χ3n) is 2.87. The molecule has 1 aromatic carbocycles. The molecule has 1 rings (SSSR count). The second kappa shape index (κ2) is 8.33. The Hall–Kier alpha value is -0.780. The van der Waals surface area contributed by atoms with Gasteiger partial charge in [-0.2, -0.15) is 0 Å². The van der Waals surface area contributed by atoms with E-state index in [-0.39, 0.29) is 5.41 Å². The monoisotopic (exact) mass is 236 g/mol. The van der Waals surface area contributed by atoms with Gasteiger partial charge in [0.2, 0.25) is 0 Å². The van der Waals surface area contributed by atoms with E-state index in [1.165, 1.54) is 22.3 Å². The molecule has 0 aromatic heterocycles. The second-order valence-electron chi connectivity index (χ2n) is 4.93. The molecule has 100 valence electrons. The molecule has 0 atom stereocenters. The highest BCUT2D eigenvalue weighted by atomic mass is 14.2. The average molecular weight is 236 g/mol. The van der Waals surface area contributed by atoms with Crippen molar-refractivity contribution in [3.8, 4) is 0 Å². The first-order chi connectivity index (χ1) is 7.84. The van der Waals surface area contributed by atoms with Crippen LogP contribution in [-0.2, 0) is 5.41 Å². The maximum absolute atomic E-state index is 2.27. The average Bonchev–Trinajstić information content (AvgIpc) is 2.30. The molecule has 0 radical (unpaired) electrons. The SMILES string of the molecule is CC.CC.Cc1ccc(C(C)(C)C)c(C)c1C. The molecule has 0 aliphatic rings. The molecule has 0 saturated heterocycles. The molecule has 0 spiro atoms. The third kappa shape index (κ3) is 5.39. The summed E-state index contributed by atoms with van der Waals surface area (Å²) in [4.78, 5) is 0. The summed E-state index contributed by atoms with van der Waals surface area (Å²) in [6.07, 6.45) is 0. The molecule has 0 N–H and O–H groups in total. The molecular weight excluding hydrogens is 204 g/mol. The maximum atomic E-state index is 2.27. The number of hydrogen-bond donors (Lipinski definition) is 0. The smallest absolute Gasteiger partial charge is 0.0129 e. The Balaban J connectivity index is 0. The third-order valence-corrected chi connectivity index (χ3v) is 2.87. The van der Waals surface area contributed by atoms with Crippen LogP contribution < -0.4 is 0 Å². The van der Waals surface area contributed by atoms with Crippen LogP contribution in [0.5, 0.6) is 0 Å². The van der Waals surface area contributed by atoms with E-state index in [9.17, 15) is 0 Å². The van der Waals surface area contributed by atoms with Crippen LogP contribution in [0.3, 0.4) is 0 Å². The van der Waals surface area contributed by atoms with Gasteiger partial charge in [0, 0.05) is 0 Å². The Morgan fingerprint density at radius 1 is 0.706 bits per heavy atom. The normalized spacial score (nSPS) is 9.76. The number of aryl methyl sites for hydroxylation is 1. The summed E-state index contributed by atoms with van der Waals surface area (Å²) < 4.78 is 0.